The highest BCUT2D eigenvalue weighted by Crippen LogP contribution is 2.16. The summed E-state index contributed by atoms with van der Waals surface area (Å²) in [4.78, 5) is 0.0670. The first-order chi connectivity index (χ1) is 4.89. The van der Waals surface area contributed by atoms with Gasteiger partial charge in [-0.15, -0.1) is 6.58 Å². The molecule has 0 aliphatic heterocycles. The molecule has 0 aromatic heterocycles. The number of hydrogen-bond donors (Lipinski definition) is 1. The SMILES string of the molecule is C=CC[C@H](C)C(=C)S(N)(=O)=O. The molecule has 2 N–H and O–H groups in total. The van der Waals surface area contributed by atoms with E-state index in [4.69, 9.17) is 5.14 Å². The lowest BCUT2D eigenvalue weighted by Crippen LogP contribution is -2.18. The molecule has 0 saturated carbocycles. The predicted molar refractivity (Wildman–Crippen MR) is 46.2 cm³/mol. The van der Waals surface area contributed by atoms with Crippen molar-refractivity contribution in [3.63, 3.8) is 0 Å². The fourth-order valence-electron chi connectivity index (χ4n) is 0.662. The van der Waals surface area contributed by atoms with Crippen LogP contribution in [0.25, 0.3) is 0 Å². The molecule has 0 aromatic carbocycles. The molecular formula is C7H13NO2S. The van der Waals surface area contributed by atoms with Crippen molar-refractivity contribution in [1.29, 1.82) is 0 Å². The fraction of sp³-hybridized carbons (Fsp3) is 0.429. The average molecular weight is 175 g/mol. The molecule has 0 spiro atoms. The Bertz CT molecular complexity index is 254. The molecule has 4 heteroatoms. The first-order valence-corrected chi connectivity index (χ1v) is 4.76. The standard InChI is InChI=1S/C7H13NO2S/c1-4-5-6(2)7(3)11(8,9)10/h4,6H,1,3,5H2,2H3,(H2,8,9,10)/t6-/m0/s1. The van der Waals surface area contributed by atoms with Crippen LogP contribution in [0, 0.1) is 5.92 Å². The Morgan fingerprint density at radius 2 is 2.18 bits per heavy atom. The molecule has 0 amide bonds. The molecule has 0 rings (SSSR count). The molecule has 0 aromatic rings. The Balaban J connectivity index is 4.38. The molecule has 3 nitrogen and oxygen atoms in total. The topological polar surface area (TPSA) is 60.2 Å². The van der Waals surface area contributed by atoms with Crippen molar-refractivity contribution in [2.45, 2.75) is 13.3 Å². The monoisotopic (exact) mass is 175 g/mol. The van der Waals surface area contributed by atoms with Crippen LogP contribution in [0.5, 0.6) is 0 Å². The molecule has 11 heavy (non-hydrogen) atoms. The van der Waals surface area contributed by atoms with Crippen LogP contribution < -0.4 is 5.14 Å². The van der Waals surface area contributed by atoms with E-state index in [9.17, 15) is 8.42 Å². The minimum Gasteiger partial charge on any atom is -0.225 e. The van der Waals surface area contributed by atoms with Crippen LogP contribution in [-0.4, -0.2) is 8.42 Å². The van der Waals surface area contributed by atoms with Crippen LogP contribution in [0.3, 0.4) is 0 Å². The van der Waals surface area contributed by atoms with Crippen molar-refractivity contribution < 1.29 is 8.42 Å². The molecular weight excluding hydrogens is 162 g/mol. The van der Waals surface area contributed by atoms with Crippen molar-refractivity contribution in [3.05, 3.63) is 24.1 Å². The summed E-state index contributed by atoms with van der Waals surface area (Å²) < 4.78 is 21.4. The molecule has 64 valence electrons. The highest BCUT2D eigenvalue weighted by molar-refractivity contribution is 7.93. The van der Waals surface area contributed by atoms with E-state index < -0.39 is 10.0 Å². The maximum atomic E-state index is 10.7. The van der Waals surface area contributed by atoms with Crippen molar-refractivity contribution in [3.8, 4) is 0 Å². The molecule has 0 saturated heterocycles. The number of primary sulfonamides is 1. The van der Waals surface area contributed by atoms with Crippen molar-refractivity contribution >= 4 is 10.0 Å². The van der Waals surface area contributed by atoms with Gasteiger partial charge in [-0.2, -0.15) is 0 Å². The van der Waals surface area contributed by atoms with Crippen molar-refractivity contribution in [2.75, 3.05) is 0 Å². The zero-order valence-electron chi connectivity index (χ0n) is 6.58. The van der Waals surface area contributed by atoms with Gasteiger partial charge >= 0.3 is 0 Å². The van der Waals surface area contributed by atoms with E-state index in [0.29, 0.717) is 6.42 Å². The van der Waals surface area contributed by atoms with Gasteiger partial charge in [-0.05, 0) is 12.3 Å². The quantitative estimate of drug-likeness (QED) is 0.648. The van der Waals surface area contributed by atoms with Gasteiger partial charge in [0.2, 0.25) is 10.0 Å². The fourth-order valence-corrected chi connectivity index (χ4v) is 1.32. The van der Waals surface area contributed by atoms with Gasteiger partial charge in [-0.1, -0.05) is 19.6 Å². The Kier molecular flexibility index (Phi) is 3.48. The second-order valence-corrected chi connectivity index (χ2v) is 4.05. The molecule has 0 aliphatic carbocycles. The van der Waals surface area contributed by atoms with Crippen LogP contribution in [0.15, 0.2) is 24.1 Å². The third-order valence-corrected chi connectivity index (χ3v) is 2.57. The van der Waals surface area contributed by atoms with Gasteiger partial charge in [-0.3, -0.25) is 0 Å². The zero-order valence-corrected chi connectivity index (χ0v) is 7.39. The van der Waals surface area contributed by atoms with Crippen LogP contribution in [-0.2, 0) is 10.0 Å². The average Bonchev–Trinajstić information content (AvgIpc) is 1.85. The molecule has 0 aliphatic rings. The predicted octanol–water partition coefficient (Wildman–Crippen LogP) is 1.00. The normalized spacial score (nSPS) is 14.0. The summed E-state index contributed by atoms with van der Waals surface area (Å²) in [5.74, 6) is -0.150. The van der Waals surface area contributed by atoms with Crippen LogP contribution in [0.2, 0.25) is 0 Å². The number of rotatable bonds is 4. The van der Waals surface area contributed by atoms with Gasteiger partial charge in [0.25, 0.3) is 0 Å². The van der Waals surface area contributed by atoms with E-state index in [2.05, 4.69) is 13.2 Å². The van der Waals surface area contributed by atoms with Gasteiger partial charge in [0.1, 0.15) is 0 Å². The molecule has 1 atom stereocenters. The van der Waals surface area contributed by atoms with Gasteiger partial charge in [0, 0.05) is 0 Å². The lowest BCUT2D eigenvalue weighted by molar-refractivity contribution is 0.593. The van der Waals surface area contributed by atoms with Gasteiger partial charge in [0.05, 0.1) is 4.91 Å². The summed E-state index contributed by atoms with van der Waals surface area (Å²) in [6.07, 6.45) is 2.22. The highest BCUT2D eigenvalue weighted by Gasteiger charge is 2.15. The first kappa shape index (κ1) is 10.4. The summed E-state index contributed by atoms with van der Waals surface area (Å²) in [6, 6.07) is 0. The third kappa shape index (κ3) is 3.34. The van der Waals surface area contributed by atoms with Gasteiger partial charge in [0.15, 0.2) is 0 Å². The second-order valence-electron chi connectivity index (χ2n) is 2.44. The first-order valence-electron chi connectivity index (χ1n) is 3.22. The molecule has 0 unspecified atom stereocenters. The Labute approximate surface area is 67.7 Å². The van der Waals surface area contributed by atoms with Crippen molar-refractivity contribution in [1.82, 2.24) is 0 Å². The number of hydrogen-bond acceptors (Lipinski definition) is 2. The minimum atomic E-state index is -3.57. The Morgan fingerprint density at radius 3 is 2.45 bits per heavy atom. The summed E-state index contributed by atoms with van der Waals surface area (Å²) in [7, 11) is -3.57. The van der Waals surface area contributed by atoms with E-state index in [0.717, 1.165) is 0 Å². The van der Waals surface area contributed by atoms with E-state index in [1.54, 1.807) is 13.0 Å². The lowest BCUT2D eigenvalue weighted by Gasteiger charge is -2.08. The number of sulfonamides is 1. The summed E-state index contributed by atoms with van der Waals surface area (Å²) in [5.41, 5.74) is 0. The highest BCUT2D eigenvalue weighted by atomic mass is 32.2. The Morgan fingerprint density at radius 1 is 1.73 bits per heavy atom. The van der Waals surface area contributed by atoms with Crippen LogP contribution in [0.4, 0.5) is 0 Å². The molecule has 0 fully saturated rings. The molecule has 0 heterocycles. The second kappa shape index (κ2) is 3.69. The Hall–Kier alpha value is -0.610. The maximum absolute atomic E-state index is 10.7. The number of nitrogens with two attached hydrogens (primary N) is 1. The van der Waals surface area contributed by atoms with E-state index in [-0.39, 0.29) is 10.8 Å². The number of allylic oxidation sites excluding steroid dienone is 2. The molecule has 0 radical (unpaired) electrons. The minimum absolute atomic E-state index is 0.0670. The van der Waals surface area contributed by atoms with E-state index in [1.807, 2.05) is 0 Å². The molecule has 0 bridgehead atoms. The zero-order chi connectivity index (χ0) is 9.07. The van der Waals surface area contributed by atoms with Crippen LogP contribution >= 0.6 is 0 Å². The van der Waals surface area contributed by atoms with Crippen molar-refractivity contribution in [2.24, 2.45) is 11.1 Å². The van der Waals surface area contributed by atoms with Gasteiger partial charge < -0.3 is 0 Å². The van der Waals surface area contributed by atoms with E-state index >= 15 is 0 Å². The lowest BCUT2D eigenvalue weighted by atomic mass is 10.1. The summed E-state index contributed by atoms with van der Waals surface area (Å²) in [5, 5.41) is 4.85. The van der Waals surface area contributed by atoms with Gasteiger partial charge in [-0.25, -0.2) is 13.6 Å². The summed E-state index contributed by atoms with van der Waals surface area (Å²) >= 11 is 0. The maximum Gasteiger partial charge on any atom is 0.233 e. The third-order valence-electron chi connectivity index (χ3n) is 1.44. The smallest absolute Gasteiger partial charge is 0.225 e. The van der Waals surface area contributed by atoms with E-state index in [1.165, 1.54) is 0 Å². The summed E-state index contributed by atoms with van der Waals surface area (Å²) in [6.45, 7) is 8.62. The largest absolute Gasteiger partial charge is 0.233 e. The van der Waals surface area contributed by atoms with Crippen LogP contribution in [0.1, 0.15) is 13.3 Å².